The van der Waals surface area contributed by atoms with E-state index >= 15 is 0 Å². The molecule has 1 aliphatic heterocycles. The standard InChI is InChI=1S/C18H23F2N3O2/c1-12-8-25-11-18(10-24,23(12)2)9-21-7-14-5-3-13-4-6-15(19)16(20)17(13)22-14/h3-6,12,21,24H,7-11H2,1-2H3/t12-,18+/m1/s1. The predicted molar refractivity (Wildman–Crippen MR) is 91.2 cm³/mol. The summed E-state index contributed by atoms with van der Waals surface area (Å²) in [6.07, 6.45) is 0. The Balaban J connectivity index is 1.71. The van der Waals surface area contributed by atoms with Crippen LogP contribution < -0.4 is 5.32 Å². The highest BCUT2D eigenvalue weighted by Gasteiger charge is 2.39. The van der Waals surface area contributed by atoms with Crippen LogP contribution in [0.4, 0.5) is 8.78 Å². The number of morpholine rings is 1. The van der Waals surface area contributed by atoms with Gasteiger partial charge in [-0.05, 0) is 32.2 Å². The van der Waals surface area contributed by atoms with Gasteiger partial charge in [-0.2, -0.15) is 0 Å². The van der Waals surface area contributed by atoms with Crippen LogP contribution in [0.2, 0.25) is 0 Å². The lowest BCUT2D eigenvalue weighted by molar-refractivity contribution is -0.106. The number of rotatable bonds is 5. The molecule has 1 aliphatic rings. The number of halogens is 2. The van der Waals surface area contributed by atoms with Crippen LogP contribution in [-0.4, -0.2) is 60.0 Å². The van der Waals surface area contributed by atoms with Crippen LogP contribution in [0.25, 0.3) is 10.9 Å². The number of aliphatic hydroxyl groups is 1. The first-order chi connectivity index (χ1) is 12.0. The molecule has 2 N–H and O–H groups in total. The normalized spacial score (nSPS) is 24.8. The molecule has 5 nitrogen and oxygen atoms in total. The van der Waals surface area contributed by atoms with Gasteiger partial charge in [-0.1, -0.05) is 6.07 Å². The lowest BCUT2D eigenvalue weighted by atomic mass is 9.96. The largest absolute Gasteiger partial charge is 0.394 e. The second kappa shape index (κ2) is 7.29. The van der Waals surface area contributed by atoms with Crippen LogP contribution in [0, 0.1) is 11.6 Å². The highest BCUT2D eigenvalue weighted by molar-refractivity contribution is 5.79. The van der Waals surface area contributed by atoms with Crippen molar-refractivity contribution in [2.45, 2.75) is 25.0 Å². The molecule has 0 saturated carbocycles. The number of benzene rings is 1. The summed E-state index contributed by atoms with van der Waals surface area (Å²) in [6.45, 7) is 3.96. The van der Waals surface area contributed by atoms with Crippen LogP contribution in [0.1, 0.15) is 12.6 Å². The third-order valence-electron chi connectivity index (χ3n) is 5.00. The molecule has 3 rings (SSSR count). The van der Waals surface area contributed by atoms with Crippen molar-refractivity contribution >= 4 is 10.9 Å². The molecule has 0 radical (unpaired) electrons. The number of likely N-dealkylation sites (N-methyl/N-ethyl adjacent to an activating group) is 1. The van der Waals surface area contributed by atoms with Gasteiger partial charge in [-0.3, -0.25) is 4.90 Å². The summed E-state index contributed by atoms with van der Waals surface area (Å²) in [5.74, 6) is -1.83. The third kappa shape index (κ3) is 3.50. The molecule has 2 aromatic rings. The van der Waals surface area contributed by atoms with E-state index in [9.17, 15) is 13.9 Å². The van der Waals surface area contributed by atoms with Gasteiger partial charge in [0.1, 0.15) is 5.52 Å². The predicted octanol–water partition coefficient (Wildman–Crippen LogP) is 1.68. The Morgan fingerprint density at radius 3 is 2.88 bits per heavy atom. The number of nitrogens with one attached hydrogen (secondary N) is 1. The average Bonchev–Trinajstić information content (AvgIpc) is 2.62. The van der Waals surface area contributed by atoms with Crippen LogP contribution in [0.3, 0.4) is 0 Å². The third-order valence-corrected chi connectivity index (χ3v) is 5.00. The lowest BCUT2D eigenvalue weighted by Gasteiger charge is -2.47. The van der Waals surface area contributed by atoms with E-state index in [1.807, 2.05) is 14.0 Å². The maximum absolute atomic E-state index is 13.9. The van der Waals surface area contributed by atoms with Crippen molar-refractivity contribution < 1.29 is 18.6 Å². The maximum atomic E-state index is 13.9. The van der Waals surface area contributed by atoms with Crippen LogP contribution in [0.5, 0.6) is 0 Å². The molecule has 25 heavy (non-hydrogen) atoms. The van der Waals surface area contributed by atoms with Gasteiger partial charge < -0.3 is 15.2 Å². The number of hydrogen-bond acceptors (Lipinski definition) is 5. The summed E-state index contributed by atoms with van der Waals surface area (Å²) in [4.78, 5) is 6.33. The van der Waals surface area contributed by atoms with Crippen LogP contribution in [-0.2, 0) is 11.3 Å². The maximum Gasteiger partial charge on any atom is 0.184 e. The molecule has 1 aromatic heterocycles. The summed E-state index contributed by atoms with van der Waals surface area (Å²) in [5, 5.41) is 13.7. The van der Waals surface area contributed by atoms with Crippen molar-refractivity contribution in [3.63, 3.8) is 0 Å². The molecule has 1 saturated heterocycles. The topological polar surface area (TPSA) is 57.6 Å². The Hall–Kier alpha value is -1.67. The molecule has 0 amide bonds. The zero-order valence-corrected chi connectivity index (χ0v) is 14.4. The van der Waals surface area contributed by atoms with Gasteiger partial charge >= 0.3 is 0 Å². The Labute approximate surface area is 145 Å². The monoisotopic (exact) mass is 351 g/mol. The number of hydrogen-bond donors (Lipinski definition) is 2. The molecule has 2 atom stereocenters. The summed E-state index contributed by atoms with van der Waals surface area (Å²) in [5.41, 5.74) is 0.131. The highest BCUT2D eigenvalue weighted by Crippen LogP contribution is 2.22. The first-order valence-corrected chi connectivity index (χ1v) is 8.33. The number of aliphatic hydroxyl groups excluding tert-OH is 1. The molecule has 1 aromatic carbocycles. The molecular formula is C18H23F2N3O2. The fourth-order valence-corrected chi connectivity index (χ4v) is 3.18. The van der Waals surface area contributed by atoms with Crippen molar-refractivity contribution in [2.75, 3.05) is 33.4 Å². The number of nitrogens with zero attached hydrogens (tertiary/aromatic N) is 2. The van der Waals surface area contributed by atoms with E-state index in [1.54, 1.807) is 12.1 Å². The fraction of sp³-hybridized carbons (Fsp3) is 0.500. The Bertz CT molecular complexity index is 758. The number of pyridine rings is 1. The van der Waals surface area contributed by atoms with Crippen molar-refractivity contribution in [2.24, 2.45) is 0 Å². The van der Waals surface area contributed by atoms with Gasteiger partial charge in [-0.25, -0.2) is 13.8 Å². The molecule has 0 unspecified atom stereocenters. The molecule has 136 valence electrons. The van der Waals surface area contributed by atoms with Crippen molar-refractivity contribution in [3.05, 3.63) is 41.6 Å². The molecule has 7 heteroatoms. The summed E-state index contributed by atoms with van der Waals surface area (Å²) >= 11 is 0. The van der Waals surface area contributed by atoms with E-state index in [2.05, 4.69) is 15.2 Å². The average molecular weight is 351 g/mol. The van der Waals surface area contributed by atoms with Gasteiger partial charge in [-0.15, -0.1) is 0 Å². The Morgan fingerprint density at radius 1 is 1.36 bits per heavy atom. The van der Waals surface area contributed by atoms with Gasteiger partial charge in [0.25, 0.3) is 0 Å². The molecule has 2 heterocycles. The van der Waals surface area contributed by atoms with Crippen LogP contribution in [0.15, 0.2) is 24.3 Å². The SMILES string of the molecule is C[C@@H]1COC[C@@](CO)(CNCc2ccc3ccc(F)c(F)c3n2)N1C. The summed E-state index contributed by atoms with van der Waals surface area (Å²) in [6, 6.07) is 6.32. The molecule has 1 fully saturated rings. The Kier molecular flexibility index (Phi) is 5.29. The van der Waals surface area contributed by atoms with Crippen molar-refractivity contribution in [1.29, 1.82) is 0 Å². The minimum absolute atomic E-state index is 0.0305. The number of aromatic nitrogens is 1. The van der Waals surface area contributed by atoms with Gasteiger partial charge in [0, 0.05) is 24.5 Å². The molecule has 0 bridgehead atoms. The summed E-state index contributed by atoms with van der Waals surface area (Å²) in [7, 11) is 1.97. The zero-order valence-electron chi connectivity index (χ0n) is 14.4. The van der Waals surface area contributed by atoms with E-state index in [-0.39, 0.29) is 18.2 Å². The minimum Gasteiger partial charge on any atom is -0.394 e. The quantitative estimate of drug-likeness (QED) is 0.859. The van der Waals surface area contributed by atoms with E-state index in [1.165, 1.54) is 6.07 Å². The highest BCUT2D eigenvalue weighted by atomic mass is 19.2. The second-order valence-corrected chi connectivity index (χ2v) is 6.70. The zero-order chi connectivity index (χ0) is 18.0. The first kappa shape index (κ1) is 18.1. The summed E-state index contributed by atoms with van der Waals surface area (Å²) < 4.78 is 32.9. The number of fused-ring (bicyclic) bond motifs is 1. The first-order valence-electron chi connectivity index (χ1n) is 8.33. The number of ether oxygens (including phenoxy) is 1. The smallest absolute Gasteiger partial charge is 0.184 e. The fourth-order valence-electron chi connectivity index (χ4n) is 3.18. The van der Waals surface area contributed by atoms with E-state index in [0.717, 1.165) is 6.07 Å². The van der Waals surface area contributed by atoms with Crippen LogP contribution >= 0.6 is 0 Å². The van der Waals surface area contributed by atoms with Gasteiger partial charge in [0.15, 0.2) is 11.6 Å². The van der Waals surface area contributed by atoms with Crippen molar-refractivity contribution in [1.82, 2.24) is 15.2 Å². The lowest BCUT2D eigenvalue weighted by Crippen LogP contribution is -2.65. The minimum atomic E-state index is -0.930. The second-order valence-electron chi connectivity index (χ2n) is 6.70. The van der Waals surface area contributed by atoms with Gasteiger partial charge in [0.05, 0.1) is 31.1 Å². The molecule has 0 aliphatic carbocycles. The van der Waals surface area contributed by atoms with E-state index in [4.69, 9.17) is 4.74 Å². The van der Waals surface area contributed by atoms with E-state index in [0.29, 0.717) is 37.4 Å². The molecular weight excluding hydrogens is 328 g/mol. The van der Waals surface area contributed by atoms with Gasteiger partial charge in [0.2, 0.25) is 0 Å². The molecule has 0 spiro atoms. The van der Waals surface area contributed by atoms with Crippen molar-refractivity contribution in [3.8, 4) is 0 Å². The Morgan fingerprint density at radius 2 is 2.12 bits per heavy atom. The van der Waals surface area contributed by atoms with E-state index < -0.39 is 17.2 Å².